The molecule has 2 heterocycles. The van der Waals surface area contributed by atoms with E-state index in [9.17, 15) is 19.5 Å². The molecule has 0 spiro atoms. The Morgan fingerprint density at radius 2 is 1.61 bits per heavy atom. The zero-order chi connectivity index (χ0) is 41.0. The van der Waals surface area contributed by atoms with Crippen molar-refractivity contribution in [3.63, 3.8) is 0 Å². The van der Waals surface area contributed by atoms with Crippen LogP contribution in [0.25, 0.3) is 10.8 Å². The number of rotatable bonds is 21. The Labute approximate surface area is 339 Å². The second kappa shape index (κ2) is 19.9. The van der Waals surface area contributed by atoms with Gasteiger partial charge >= 0.3 is 11.9 Å². The van der Waals surface area contributed by atoms with Gasteiger partial charge in [0.1, 0.15) is 12.6 Å². The molecule has 3 aromatic carbocycles. The lowest BCUT2D eigenvalue weighted by atomic mass is 9.79. The molecule has 2 aliphatic rings. The molecule has 0 radical (unpaired) electrons. The van der Waals surface area contributed by atoms with Crippen LogP contribution < -0.4 is 10.2 Å². The molecule has 1 unspecified atom stereocenters. The Hall–Kier alpha value is -5.01. The number of nitrogens with zero attached hydrogens (tertiary/aromatic N) is 2. The van der Waals surface area contributed by atoms with Crippen molar-refractivity contribution in [2.45, 2.75) is 83.1 Å². The molecule has 1 atom stereocenters. The van der Waals surface area contributed by atoms with Gasteiger partial charge in [0.25, 0.3) is 0 Å². The Balaban J connectivity index is 1.27. The van der Waals surface area contributed by atoms with Crippen LogP contribution in [0.3, 0.4) is 0 Å². The summed E-state index contributed by atoms with van der Waals surface area (Å²) in [6.45, 7) is 10.6. The van der Waals surface area contributed by atoms with E-state index in [1.807, 2.05) is 24.3 Å². The van der Waals surface area contributed by atoms with E-state index in [-0.39, 0.29) is 17.3 Å². The number of carbonyl (C=O) groups excluding carboxylic acids is 1. The van der Waals surface area contributed by atoms with E-state index in [1.54, 1.807) is 0 Å². The second-order valence-electron chi connectivity index (χ2n) is 15.2. The van der Waals surface area contributed by atoms with E-state index in [2.05, 4.69) is 131 Å². The first-order chi connectivity index (χ1) is 27.4. The topological polar surface area (TPSA) is 138 Å². The summed E-state index contributed by atoms with van der Waals surface area (Å²) >= 11 is 1.23. The van der Waals surface area contributed by atoms with Crippen molar-refractivity contribution in [2.24, 2.45) is 0 Å². The largest absolute Gasteiger partial charge is 0.481 e. The highest BCUT2D eigenvalue weighted by Crippen LogP contribution is 2.48. The van der Waals surface area contributed by atoms with Gasteiger partial charge in [0.2, 0.25) is 11.6 Å². The average Bonchev–Trinajstić information content (AvgIpc) is 3.53. The highest BCUT2D eigenvalue weighted by molar-refractivity contribution is 7.94. The van der Waals surface area contributed by atoms with Crippen LogP contribution in [0.1, 0.15) is 77.3 Å². The second-order valence-corrected chi connectivity index (χ2v) is 15.9. The van der Waals surface area contributed by atoms with Gasteiger partial charge in [-0.25, -0.2) is 9.68 Å². The van der Waals surface area contributed by atoms with Crippen LogP contribution in [-0.4, -0.2) is 70.3 Å². The number of anilines is 1. The number of hydrogen-bond donors (Lipinski definition) is 3. The summed E-state index contributed by atoms with van der Waals surface area (Å²) in [4.78, 5) is 41.6. The number of nitrogens with one attached hydrogen (secondary N) is 1. The maximum Gasteiger partial charge on any atom is 0.326 e. The quantitative estimate of drug-likeness (QED) is 0.0240. The molecule has 12 heteroatoms. The number of aliphatic carboxylic acids is 2. The van der Waals surface area contributed by atoms with E-state index >= 15 is 0 Å². The molecule has 0 aromatic heterocycles. The molecule has 57 heavy (non-hydrogen) atoms. The van der Waals surface area contributed by atoms with Gasteiger partial charge in [-0.2, -0.15) is 4.58 Å². The van der Waals surface area contributed by atoms with Crippen LogP contribution in [-0.2, 0) is 39.5 Å². The first-order valence-corrected chi connectivity index (χ1v) is 20.3. The molecule has 1 amide bonds. The number of carboxylic acid groups (broad SMARTS) is 2. The lowest BCUT2D eigenvalue weighted by Crippen LogP contribution is -2.42. The van der Waals surface area contributed by atoms with E-state index in [4.69, 9.17) is 9.44 Å². The van der Waals surface area contributed by atoms with Gasteiger partial charge in [-0.1, -0.05) is 91.7 Å². The van der Waals surface area contributed by atoms with Crippen LogP contribution in [0.5, 0.6) is 0 Å². The summed E-state index contributed by atoms with van der Waals surface area (Å²) in [5, 5.41) is 27.6. The number of allylic oxidation sites excluding steroid dienone is 8. The van der Waals surface area contributed by atoms with Gasteiger partial charge in [-0.05, 0) is 67.7 Å². The summed E-state index contributed by atoms with van der Waals surface area (Å²) in [5.74, 6) is -2.33. The lowest BCUT2D eigenvalue weighted by molar-refractivity contribution is -0.447. The molecule has 302 valence electrons. The van der Waals surface area contributed by atoms with Crippen molar-refractivity contribution >= 4 is 57.7 Å². The number of amides is 1. The number of benzene rings is 3. The van der Waals surface area contributed by atoms with Crippen molar-refractivity contribution in [1.29, 1.82) is 0 Å². The molecule has 5 rings (SSSR count). The van der Waals surface area contributed by atoms with Crippen molar-refractivity contribution in [2.75, 3.05) is 30.9 Å². The van der Waals surface area contributed by atoms with Gasteiger partial charge in [0.15, 0.2) is 5.71 Å². The number of para-hydroxylation sites is 1. The fourth-order valence-corrected chi connectivity index (χ4v) is 8.34. The molecule has 2 aliphatic heterocycles. The van der Waals surface area contributed by atoms with Crippen LogP contribution in [0.15, 0.2) is 109 Å². The fourth-order valence-electron chi connectivity index (χ4n) is 7.85. The molecule has 11 nitrogen and oxygen atoms in total. The normalized spacial score (nSPS) is 17.0. The maximum atomic E-state index is 12.4. The summed E-state index contributed by atoms with van der Waals surface area (Å²) in [6.07, 6.45) is 17.3. The van der Waals surface area contributed by atoms with Gasteiger partial charge in [-0.15, -0.1) is 4.33 Å². The number of carbonyl (C=O) groups is 3. The minimum Gasteiger partial charge on any atom is -0.481 e. The van der Waals surface area contributed by atoms with Gasteiger partial charge in [0.05, 0.1) is 18.9 Å². The highest BCUT2D eigenvalue weighted by atomic mass is 32.2. The maximum absolute atomic E-state index is 12.4. The standard InChI is InChI=1S/C45H53N3O8S/c1-44(2)34-21-13-14-22-36(34)47(28-16-15-25-40(49)46-35(43(52)53)31-41(50)51)38(44)23-9-7-6-8-10-24-39-45(3,4)42-33-20-12-11-19-32(33)26-27-37(42)48(39)29-17-18-30-57-56-55-54-5/h6-14,19-24,26-27,35H,15-18,25,28-31H2,1-5H3,(H2-,46,49,50,51,52,53)/p+1. The molecule has 0 saturated heterocycles. The van der Waals surface area contributed by atoms with Crippen LogP contribution in [0, 0.1) is 0 Å². The first-order valence-electron chi connectivity index (χ1n) is 19.4. The summed E-state index contributed by atoms with van der Waals surface area (Å²) in [5.41, 5.74) is 6.87. The Morgan fingerprint density at radius 3 is 2.39 bits per heavy atom. The highest BCUT2D eigenvalue weighted by Gasteiger charge is 2.45. The Bertz CT molecular complexity index is 2080. The molecular formula is C45H54N3O8S+. The SMILES string of the molecule is COOOSCCCC[N+]1=C(/C=C/C=C/C=C/C=C2/N(CCCCC(=O)NC(CC(=O)O)C(=O)O)c3ccccc3C2(C)C)C(C)(C)c2c1ccc1ccccc21. The number of hydrogen-bond acceptors (Lipinski definition) is 8. The van der Waals surface area contributed by atoms with E-state index in [0.29, 0.717) is 19.4 Å². The number of fused-ring (bicyclic) bond motifs is 4. The number of carboxylic acids is 2. The molecule has 0 bridgehead atoms. The smallest absolute Gasteiger partial charge is 0.326 e. The van der Waals surface area contributed by atoms with Crippen molar-refractivity contribution < 1.29 is 43.4 Å². The molecule has 3 N–H and O–H groups in total. The minimum atomic E-state index is -1.45. The number of unbranched alkanes of at least 4 members (excludes halogenated alkanes) is 2. The monoisotopic (exact) mass is 796 g/mol. The van der Waals surface area contributed by atoms with Gasteiger partial charge in [0, 0.05) is 71.7 Å². The Kier molecular flexibility index (Phi) is 15.1. The zero-order valence-corrected chi connectivity index (χ0v) is 34.2. The van der Waals surface area contributed by atoms with E-state index in [1.165, 1.54) is 52.5 Å². The van der Waals surface area contributed by atoms with Crippen LogP contribution in [0.2, 0.25) is 0 Å². The molecule has 3 aromatic rings. The van der Waals surface area contributed by atoms with Gasteiger partial charge < -0.3 is 20.4 Å². The summed E-state index contributed by atoms with van der Waals surface area (Å²) < 4.78 is 7.38. The molecule has 0 saturated carbocycles. The van der Waals surface area contributed by atoms with Crippen molar-refractivity contribution in [3.8, 4) is 0 Å². The summed E-state index contributed by atoms with van der Waals surface area (Å²) in [7, 11) is 1.41. The predicted octanol–water partition coefficient (Wildman–Crippen LogP) is 8.72. The van der Waals surface area contributed by atoms with Crippen LogP contribution in [0.4, 0.5) is 11.4 Å². The zero-order valence-electron chi connectivity index (χ0n) is 33.4. The molecule has 0 aliphatic carbocycles. The lowest BCUT2D eigenvalue weighted by Gasteiger charge is -2.27. The third-order valence-corrected chi connectivity index (χ3v) is 11.2. The molecular weight excluding hydrogens is 743 g/mol. The molecule has 0 fully saturated rings. The summed E-state index contributed by atoms with van der Waals surface area (Å²) in [6, 6.07) is 19.9. The first kappa shape index (κ1) is 43.1. The van der Waals surface area contributed by atoms with E-state index < -0.39 is 30.3 Å². The van der Waals surface area contributed by atoms with E-state index in [0.717, 1.165) is 36.5 Å². The van der Waals surface area contributed by atoms with Crippen LogP contribution >= 0.6 is 12.0 Å². The van der Waals surface area contributed by atoms with Crippen molar-refractivity contribution in [3.05, 3.63) is 120 Å². The fraction of sp³-hybridized carbons (Fsp3) is 0.378. The third kappa shape index (κ3) is 10.5. The average molecular weight is 797 g/mol. The van der Waals surface area contributed by atoms with Gasteiger partial charge in [-0.3, -0.25) is 9.59 Å². The Morgan fingerprint density at radius 1 is 0.877 bits per heavy atom. The minimum absolute atomic E-state index is 0.107. The van der Waals surface area contributed by atoms with Crippen molar-refractivity contribution in [1.82, 2.24) is 5.32 Å². The third-order valence-electron chi connectivity index (χ3n) is 10.6. The predicted molar refractivity (Wildman–Crippen MR) is 226 cm³/mol.